The zero-order valence-corrected chi connectivity index (χ0v) is 14.8. The molecule has 1 amide bonds. The van der Waals surface area contributed by atoms with Crippen molar-refractivity contribution in [2.75, 3.05) is 26.2 Å². The van der Waals surface area contributed by atoms with Crippen LogP contribution in [0, 0.1) is 5.92 Å². The Hall–Kier alpha value is -1.45. The zero-order chi connectivity index (χ0) is 17.2. The highest BCUT2D eigenvalue weighted by atomic mass is 32.2. The quantitative estimate of drug-likeness (QED) is 0.727. The Morgan fingerprint density at radius 3 is 2.67 bits per heavy atom. The highest BCUT2D eigenvalue weighted by Crippen LogP contribution is 2.29. The van der Waals surface area contributed by atoms with Crippen LogP contribution in [-0.2, 0) is 19.6 Å². The molecule has 132 valence electrons. The van der Waals surface area contributed by atoms with Crippen molar-refractivity contribution < 1.29 is 22.7 Å². The molecule has 0 radical (unpaired) electrons. The van der Waals surface area contributed by atoms with E-state index in [4.69, 9.17) is 4.74 Å². The standard InChI is InChI=1S/C15H20N2O5S2/c18-13(22-10-11-3-4-11)9-16-15(19)14-12(5-8-23-14)24(20,21)17-6-1-2-7-17/h5,8,11H,1-4,6-7,9-10H2,(H,16,19). The number of thiophene rings is 1. The topological polar surface area (TPSA) is 92.8 Å². The van der Waals surface area contributed by atoms with Gasteiger partial charge in [0.15, 0.2) is 0 Å². The first kappa shape index (κ1) is 17.4. The Balaban J connectivity index is 1.61. The number of nitrogens with zero attached hydrogens (tertiary/aromatic N) is 1. The molecule has 1 saturated heterocycles. The number of hydrogen-bond donors (Lipinski definition) is 1. The monoisotopic (exact) mass is 372 g/mol. The van der Waals surface area contributed by atoms with Gasteiger partial charge in [0.05, 0.1) is 6.61 Å². The molecule has 1 saturated carbocycles. The normalized spacial score (nSPS) is 18.5. The highest BCUT2D eigenvalue weighted by molar-refractivity contribution is 7.89. The molecule has 1 aromatic rings. The summed E-state index contributed by atoms with van der Waals surface area (Å²) >= 11 is 1.05. The Bertz CT molecular complexity index is 718. The average molecular weight is 372 g/mol. The van der Waals surface area contributed by atoms with Crippen LogP contribution in [-0.4, -0.2) is 50.8 Å². The van der Waals surface area contributed by atoms with Gasteiger partial charge in [0.1, 0.15) is 16.3 Å². The van der Waals surface area contributed by atoms with Gasteiger partial charge < -0.3 is 10.1 Å². The SMILES string of the molecule is O=C(CNC(=O)c1sccc1S(=O)(=O)N1CCCC1)OCC1CC1. The number of rotatable bonds is 7. The van der Waals surface area contributed by atoms with Gasteiger partial charge in [-0.25, -0.2) is 8.42 Å². The van der Waals surface area contributed by atoms with E-state index in [1.165, 1.54) is 10.4 Å². The molecule has 7 nitrogen and oxygen atoms in total. The van der Waals surface area contributed by atoms with Crippen molar-refractivity contribution in [3.8, 4) is 0 Å². The van der Waals surface area contributed by atoms with Gasteiger partial charge in [0.25, 0.3) is 5.91 Å². The molecule has 1 aliphatic heterocycles. The number of carbonyl (C=O) groups is 2. The lowest BCUT2D eigenvalue weighted by Gasteiger charge is -2.15. The molecule has 1 N–H and O–H groups in total. The first-order chi connectivity index (χ1) is 11.5. The number of esters is 1. The lowest BCUT2D eigenvalue weighted by molar-refractivity contribution is -0.142. The van der Waals surface area contributed by atoms with Crippen LogP contribution in [0.4, 0.5) is 0 Å². The number of nitrogens with one attached hydrogen (secondary N) is 1. The second-order valence-electron chi connectivity index (χ2n) is 6.03. The van der Waals surface area contributed by atoms with E-state index in [0.717, 1.165) is 37.0 Å². The minimum Gasteiger partial charge on any atom is -0.464 e. The van der Waals surface area contributed by atoms with Gasteiger partial charge in [0.2, 0.25) is 10.0 Å². The van der Waals surface area contributed by atoms with Crippen molar-refractivity contribution in [3.05, 3.63) is 16.3 Å². The second kappa shape index (κ2) is 7.20. The van der Waals surface area contributed by atoms with Crippen molar-refractivity contribution in [3.63, 3.8) is 0 Å². The summed E-state index contributed by atoms with van der Waals surface area (Å²) in [6, 6.07) is 1.44. The molecule has 1 aromatic heterocycles. The van der Waals surface area contributed by atoms with Gasteiger partial charge in [0, 0.05) is 13.1 Å². The summed E-state index contributed by atoms with van der Waals surface area (Å²) < 4.78 is 31.6. The molecule has 24 heavy (non-hydrogen) atoms. The van der Waals surface area contributed by atoms with Gasteiger partial charge in [-0.15, -0.1) is 11.3 Å². The predicted octanol–water partition coefficient (Wildman–Crippen LogP) is 1.22. The lowest BCUT2D eigenvalue weighted by Crippen LogP contribution is -2.33. The maximum atomic E-state index is 12.6. The third-order valence-corrected chi connectivity index (χ3v) is 7.07. The van der Waals surface area contributed by atoms with Crippen LogP contribution in [0.3, 0.4) is 0 Å². The average Bonchev–Trinajstić information content (AvgIpc) is 3.05. The predicted molar refractivity (Wildman–Crippen MR) is 88.3 cm³/mol. The molecule has 0 atom stereocenters. The molecule has 0 spiro atoms. The molecule has 2 fully saturated rings. The molecular weight excluding hydrogens is 352 g/mol. The van der Waals surface area contributed by atoms with Crippen LogP contribution < -0.4 is 5.32 Å². The zero-order valence-electron chi connectivity index (χ0n) is 13.2. The minimum absolute atomic E-state index is 0.0123. The molecule has 9 heteroatoms. The van der Waals surface area contributed by atoms with Crippen LogP contribution in [0.5, 0.6) is 0 Å². The fourth-order valence-electron chi connectivity index (χ4n) is 2.51. The smallest absolute Gasteiger partial charge is 0.325 e. The molecule has 1 aliphatic carbocycles. The molecule has 0 unspecified atom stereocenters. The summed E-state index contributed by atoms with van der Waals surface area (Å²) in [5, 5.41) is 4.02. The number of ether oxygens (including phenoxy) is 1. The van der Waals surface area contributed by atoms with E-state index in [1.54, 1.807) is 5.38 Å². The van der Waals surface area contributed by atoms with Gasteiger partial charge in [-0.2, -0.15) is 4.31 Å². The highest BCUT2D eigenvalue weighted by Gasteiger charge is 2.32. The summed E-state index contributed by atoms with van der Waals surface area (Å²) in [5.41, 5.74) is 0. The fourth-order valence-corrected chi connectivity index (χ4v) is 5.35. The van der Waals surface area contributed by atoms with E-state index in [-0.39, 0.29) is 16.3 Å². The Labute approximate surface area is 145 Å². The number of carbonyl (C=O) groups excluding carboxylic acids is 2. The van der Waals surface area contributed by atoms with Crippen LogP contribution in [0.15, 0.2) is 16.3 Å². The number of hydrogen-bond acceptors (Lipinski definition) is 6. The van der Waals surface area contributed by atoms with Crippen molar-refractivity contribution in [1.82, 2.24) is 9.62 Å². The maximum absolute atomic E-state index is 12.6. The van der Waals surface area contributed by atoms with E-state index < -0.39 is 21.9 Å². The summed E-state index contributed by atoms with van der Waals surface area (Å²) in [6.07, 6.45) is 3.81. The van der Waals surface area contributed by atoms with E-state index in [0.29, 0.717) is 25.6 Å². The maximum Gasteiger partial charge on any atom is 0.325 e. The molecule has 0 bridgehead atoms. The third kappa shape index (κ3) is 3.96. The second-order valence-corrected chi connectivity index (χ2v) is 8.86. The first-order valence-corrected chi connectivity index (χ1v) is 10.3. The van der Waals surface area contributed by atoms with Crippen LogP contribution in [0.2, 0.25) is 0 Å². The first-order valence-electron chi connectivity index (χ1n) is 8.00. The number of amides is 1. The van der Waals surface area contributed by atoms with E-state index >= 15 is 0 Å². The van der Waals surface area contributed by atoms with Gasteiger partial charge >= 0.3 is 5.97 Å². The van der Waals surface area contributed by atoms with E-state index in [9.17, 15) is 18.0 Å². The summed E-state index contributed by atoms with van der Waals surface area (Å²) in [5.74, 6) is -0.610. The van der Waals surface area contributed by atoms with Gasteiger partial charge in [-0.1, -0.05) is 0 Å². The minimum atomic E-state index is -3.66. The van der Waals surface area contributed by atoms with E-state index in [1.807, 2.05) is 0 Å². The van der Waals surface area contributed by atoms with Gasteiger partial charge in [-0.3, -0.25) is 9.59 Å². The van der Waals surface area contributed by atoms with Crippen LogP contribution in [0.1, 0.15) is 35.4 Å². The summed E-state index contributed by atoms with van der Waals surface area (Å²) in [6.45, 7) is 1.09. The van der Waals surface area contributed by atoms with Crippen LogP contribution >= 0.6 is 11.3 Å². The largest absolute Gasteiger partial charge is 0.464 e. The molecule has 2 heterocycles. The van der Waals surface area contributed by atoms with Crippen molar-refractivity contribution in [1.29, 1.82) is 0 Å². The van der Waals surface area contributed by atoms with Crippen molar-refractivity contribution >= 4 is 33.2 Å². The third-order valence-electron chi connectivity index (χ3n) is 4.09. The molecule has 2 aliphatic rings. The summed E-state index contributed by atoms with van der Waals surface area (Å²) in [7, 11) is -3.66. The lowest BCUT2D eigenvalue weighted by atomic mass is 10.4. The van der Waals surface area contributed by atoms with Crippen molar-refractivity contribution in [2.45, 2.75) is 30.6 Å². The molecular formula is C15H20N2O5S2. The summed E-state index contributed by atoms with van der Waals surface area (Å²) in [4.78, 5) is 24.0. The Morgan fingerprint density at radius 1 is 1.29 bits per heavy atom. The van der Waals surface area contributed by atoms with Crippen LogP contribution in [0.25, 0.3) is 0 Å². The van der Waals surface area contributed by atoms with Gasteiger partial charge in [-0.05, 0) is 43.0 Å². The molecule has 0 aromatic carbocycles. The Kier molecular flexibility index (Phi) is 5.21. The van der Waals surface area contributed by atoms with Crippen molar-refractivity contribution in [2.24, 2.45) is 5.92 Å². The fraction of sp³-hybridized carbons (Fsp3) is 0.600. The molecule has 3 rings (SSSR count). The Morgan fingerprint density at radius 2 is 2.00 bits per heavy atom. The van der Waals surface area contributed by atoms with E-state index in [2.05, 4.69) is 5.32 Å². The number of sulfonamides is 1.